The number of amides is 2. The van der Waals surface area contributed by atoms with Gasteiger partial charge in [-0.25, -0.2) is 0 Å². The predicted molar refractivity (Wildman–Crippen MR) is 86.9 cm³/mol. The zero-order valence-electron chi connectivity index (χ0n) is 11.6. The number of benzene rings is 1. The van der Waals surface area contributed by atoms with Gasteiger partial charge in [-0.15, -0.1) is 11.8 Å². The van der Waals surface area contributed by atoms with E-state index in [1.165, 1.54) is 5.56 Å². The van der Waals surface area contributed by atoms with Crippen LogP contribution in [0, 0.1) is 0 Å². The fourth-order valence-electron chi connectivity index (χ4n) is 2.89. The maximum absolute atomic E-state index is 12.5. The van der Waals surface area contributed by atoms with E-state index in [4.69, 9.17) is 0 Å². The average Bonchev–Trinajstić information content (AvgIpc) is 3.09. The monoisotopic (exact) mass is 368 g/mol. The topological polar surface area (TPSA) is 40.6 Å². The molecule has 3 rings (SSSR count). The number of hydrogen-bond donors (Lipinski definition) is 0. The Kier molecular flexibility index (Phi) is 4.54. The number of rotatable bonds is 3. The fourth-order valence-corrected chi connectivity index (χ4v) is 4.06. The third kappa shape index (κ3) is 3.26. The zero-order valence-corrected chi connectivity index (χ0v) is 14.0. The van der Waals surface area contributed by atoms with E-state index >= 15 is 0 Å². The lowest BCUT2D eigenvalue weighted by molar-refractivity contribution is -0.138. The molecule has 0 aromatic heterocycles. The van der Waals surface area contributed by atoms with Gasteiger partial charge in [-0.1, -0.05) is 28.1 Å². The highest BCUT2D eigenvalue weighted by Gasteiger charge is 2.32. The summed E-state index contributed by atoms with van der Waals surface area (Å²) in [4.78, 5) is 27.7. The van der Waals surface area contributed by atoms with Crippen LogP contribution in [0.25, 0.3) is 0 Å². The van der Waals surface area contributed by atoms with E-state index in [1.807, 2.05) is 17.0 Å². The first-order valence-electron chi connectivity index (χ1n) is 7.05. The van der Waals surface area contributed by atoms with Gasteiger partial charge in [0.15, 0.2) is 0 Å². The van der Waals surface area contributed by atoms with Crippen molar-refractivity contribution < 1.29 is 9.59 Å². The van der Waals surface area contributed by atoms with E-state index in [0.29, 0.717) is 11.6 Å². The highest BCUT2D eigenvalue weighted by atomic mass is 79.9. The number of hydrogen-bond acceptors (Lipinski definition) is 3. The normalized spacial score (nSPS) is 22.1. The Hall–Kier alpha value is -1.01. The van der Waals surface area contributed by atoms with Gasteiger partial charge >= 0.3 is 0 Å². The Balaban J connectivity index is 1.69. The summed E-state index contributed by atoms with van der Waals surface area (Å²) >= 11 is 5.01. The molecule has 1 aromatic rings. The minimum Gasteiger partial charge on any atom is -0.334 e. The summed E-state index contributed by atoms with van der Waals surface area (Å²) in [6.07, 6.45) is 2.02. The third-order valence-corrected chi connectivity index (χ3v) is 5.45. The summed E-state index contributed by atoms with van der Waals surface area (Å²) in [7, 11) is 0. The van der Waals surface area contributed by atoms with Gasteiger partial charge < -0.3 is 9.80 Å². The second kappa shape index (κ2) is 6.40. The van der Waals surface area contributed by atoms with E-state index in [9.17, 15) is 9.59 Å². The first-order chi connectivity index (χ1) is 10.1. The minimum absolute atomic E-state index is 0.0660. The molecule has 6 heteroatoms. The van der Waals surface area contributed by atoms with Gasteiger partial charge in [-0.05, 0) is 30.5 Å². The minimum atomic E-state index is 0.0660. The highest BCUT2D eigenvalue weighted by Crippen LogP contribution is 2.32. The van der Waals surface area contributed by atoms with E-state index in [2.05, 4.69) is 28.1 Å². The molecule has 1 aromatic carbocycles. The average molecular weight is 369 g/mol. The van der Waals surface area contributed by atoms with E-state index in [0.717, 1.165) is 23.9 Å². The number of carbonyl (C=O) groups is 2. The largest absolute Gasteiger partial charge is 0.334 e. The van der Waals surface area contributed by atoms with Crippen LogP contribution in [0.2, 0.25) is 0 Å². The Morgan fingerprint density at radius 2 is 2.10 bits per heavy atom. The maximum Gasteiger partial charge on any atom is 0.242 e. The molecule has 0 N–H and O–H groups in total. The zero-order chi connectivity index (χ0) is 14.8. The molecule has 1 atom stereocenters. The van der Waals surface area contributed by atoms with Crippen LogP contribution < -0.4 is 0 Å². The number of carbonyl (C=O) groups excluding carboxylic acids is 2. The molecular weight excluding hydrogens is 352 g/mol. The molecule has 2 amide bonds. The van der Waals surface area contributed by atoms with Crippen molar-refractivity contribution in [3.8, 4) is 0 Å². The van der Waals surface area contributed by atoms with Gasteiger partial charge in [0.05, 0.1) is 17.7 Å². The van der Waals surface area contributed by atoms with Gasteiger partial charge in [-0.2, -0.15) is 0 Å². The van der Waals surface area contributed by atoms with Crippen LogP contribution >= 0.6 is 27.7 Å². The van der Waals surface area contributed by atoms with Crippen molar-refractivity contribution in [1.29, 1.82) is 0 Å². The van der Waals surface area contributed by atoms with Crippen LogP contribution in [0.5, 0.6) is 0 Å². The van der Waals surface area contributed by atoms with E-state index in [1.54, 1.807) is 16.7 Å². The van der Waals surface area contributed by atoms with Crippen molar-refractivity contribution in [2.45, 2.75) is 18.9 Å². The summed E-state index contributed by atoms with van der Waals surface area (Å²) < 4.78 is 1.04. The van der Waals surface area contributed by atoms with Gasteiger partial charge in [0, 0.05) is 11.0 Å². The molecule has 2 fully saturated rings. The van der Waals surface area contributed by atoms with Crippen LogP contribution in [-0.2, 0) is 9.59 Å². The molecule has 2 aliphatic rings. The molecule has 0 unspecified atom stereocenters. The Labute approximate surface area is 137 Å². The molecule has 0 radical (unpaired) electrons. The van der Waals surface area contributed by atoms with Crippen molar-refractivity contribution in [3.05, 3.63) is 34.3 Å². The summed E-state index contributed by atoms with van der Waals surface area (Å²) in [5.74, 6) is 1.29. The van der Waals surface area contributed by atoms with Crippen LogP contribution in [-0.4, -0.2) is 46.3 Å². The van der Waals surface area contributed by atoms with Crippen LogP contribution in [0.3, 0.4) is 0 Å². The summed E-state index contributed by atoms with van der Waals surface area (Å²) in [6.45, 7) is 1.01. The van der Waals surface area contributed by atoms with Crippen LogP contribution in [0.1, 0.15) is 24.4 Å². The quantitative estimate of drug-likeness (QED) is 0.823. The van der Waals surface area contributed by atoms with Gasteiger partial charge in [0.25, 0.3) is 0 Å². The molecule has 2 aliphatic heterocycles. The molecule has 0 bridgehead atoms. The van der Waals surface area contributed by atoms with Crippen molar-refractivity contribution in [3.63, 3.8) is 0 Å². The van der Waals surface area contributed by atoms with Gasteiger partial charge in [0.2, 0.25) is 11.8 Å². The third-order valence-electron chi connectivity index (χ3n) is 3.98. The van der Waals surface area contributed by atoms with Crippen molar-refractivity contribution >= 4 is 39.5 Å². The highest BCUT2D eigenvalue weighted by molar-refractivity contribution is 9.10. The van der Waals surface area contributed by atoms with Crippen LogP contribution in [0.4, 0.5) is 0 Å². The summed E-state index contributed by atoms with van der Waals surface area (Å²) in [6, 6.07) is 8.30. The van der Waals surface area contributed by atoms with E-state index in [-0.39, 0.29) is 24.4 Å². The molecule has 2 saturated heterocycles. The smallest absolute Gasteiger partial charge is 0.242 e. The molecule has 2 heterocycles. The SMILES string of the molecule is O=C1CSCN1CC(=O)N1CCC[C@@H]1c1ccc(Br)cc1. The lowest BCUT2D eigenvalue weighted by Crippen LogP contribution is -2.40. The molecule has 0 saturated carbocycles. The first-order valence-corrected chi connectivity index (χ1v) is 9.00. The van der Waals surface area contributed by atoms with Crippen molar-refractivity contribution in [2.75, 3.05) is 24.7 Å². The van der Waals surface area contributed by atoms with Gasteiger partial charge in [0.1, 0.15) is 6.54 Å². The Bertz CT molecular complexity index is 549. The standard InChI is InChI=1S/C15H17BrN2O2S/c16-12-5-3-11(4-6-12)13-2-1-7-18(13)14(19)8-17-10-21-9-15(17)20/h3-6,13H,1-2,7-10H2/t13-/m1/s1. The van der Waals surface area contributed by atoms with Gasteiger partial charge in [-0.3, -0.25) is 9.59 Å². The maximum atomic E-state index is 12.5. The molecule has 112 valence electrons. The molecular formula is C15H17BrN2O2S. The lowest BCUT2D eigenvalue weighted by Gasteiger charge is -2.27. The fraction of sp³-hybridized carbons (Fsp3) is 0.467. The second-order valence-corrected chi connectivity index (χ2v) is 7.24. The predicted octanol–water partition coefficient (Wildman–Crippen LogP) is 2.65. The molecule has 4 nitrogen and oxygen atoms in total. The van der Waals surface area contributed by atoms with Crippen molar-refractivity contribution in [2.24, 2.45) is 0 Å². The number of thioether (sulfide) groups is 1. The number of nitrogens with zero attached hydrogens (tertiary/aromatic N) is 2. The number of likely N-dealkylation sites (tertiary alicyclic amines) is 1. The van der Waals surface area contributed by atoms with Crippen LogP contribution in [0.15, 0.2) is 28.7 Å². The Morgan fingerprint density at radius 3 is 2.76 bits per heavy atom. The Morgan fingerprint density at radius 1 is 1.33 bits per heavy atom. The number of halogens is 1. The molecule has 0 aliphatic carbocycles. The lowest BCUT2D eigenvalue weighted by atomic mass is 10.0. The summed E-state index contributed by atoms with van der Waals surface area (Å²) in [5.41, 5.74) is 1.17. The first kappa shape index (κ1) is 14.9. The van der Waals surface area contributed by atoms with E-state index < -0.39 is 0 Å². The second-order valence-electron chi connectivity index (χ2n) is 5.37. The molecule has 0 spiro atoms. The van der Waals surface area contributed by atoms with Crippen molar-refractivity contribution in [1.82, 2.24) is 9.80 Å². The summed E-state index contributed by atoms with van der Waals surface area (Å²) in [5, 5.41) is 0. The molecule has 21 heavy (non-hydrogen) atoms.